The number of nitrogens with one attached hydrogen (secondary N) is 1. The summed E-state index contributed by atoms with van der Waals surface area (Å²) in [7, 11) is 0. The monoisotopic (exact) mass is 249 g/mol. The second-order valence-electron chi connectivity index (χ2n) is 5.16. The third-order valence-electron chi connectivity index (χ3n) is 3.42. The van der Waals surface area contributed by atoms with Gasteiger partial charge in [0, 0.05) is 11.0 Å². The average molecular weight is 249 g/mol. The molecule has 1 aromatic carbocycles. The van der Waals surface area contributed by atoms with Gasteiger partial charge in [-0.15, -0.1) is 0 Å². The van der Waals surface area contributed by atoms with E-state index in [2.05, 4.69) is 55.2 Å². The first kappa shape index (κ1) is 13.0. The van der Waals surface area contributed by atoms with Crippen molar-refractivity contribution in [2.24, 2.45) is 0 Å². The van der Waals surface area contributed by atoms with Crippen LogP contribution in [-0.4, -0.2) is 18.3 Å². The molecule has 17 heavy (non-hydrogen) atoms. The standard InChI is InChI=1S/C15H23NS/c1-12(2)14-5-3-13(4-6-14)11-17-15-7-9-16-10-8-15/h3-6,12,15-16H,7-11H2,1-2H3. The van der Waals surface area contributed by atoms with E-state index in [1.54, 1.807) is 0 Å². The maximum Gasteiger partial charge on any atom is 0.0187 e. The Morgan fingerprint density at radius 2 is 1.82 bits per heavy atom. The van der Waals surface area contributed by atoms with Crippen LogP contribution in [0.3, 0.4) is 0 Å². The summed E-state index contributed by atoms with van der Waals surface area (Å²) in [4.78, 5) is 0. The molecule has 0 atom stereocenters. The van der Waals surface area contributed by atoms with E-state index in [0.29, 0.717) is 5.92 Å². The van der Waals surface area contributed by atoms with E-state index in [1.807, 2.05) is 0 Å². The summed E-state index contributed by atoms with van der Waals surface area (Å²) < 4.78 is 0. The first-order valence-corrected chi connectivity index (χ1v) is 7.72. The van der Waals surface area contributed by atoms with Crippen molar-refractivity contribution in [3.05, 3.63) is 35.4 Å². The third-order valence-corrected chi connectivity index (χ3v) is 4.86. The second-order valence-corrected chi connectivity index (χ2v) is 6.45. The van der Waals surface area contributed by atoms with Gasteiger partial charge in [-0.2, -0.15) is 11.8 Å². The molecule has 0 aliphatic carbocycles. The average Bonchev–Trinajstić information content (AvgIpc) is 2.38. The lowest BCUT2D eigenvalue weighted by atomic mass is 10.0. The Balaban J connectivity index is 1.82. The number of thioether (sulfide) groups is 1. The summed E-state index contributed by atoms with van der Waals surface area (Å²) in [5.74, 6) is 1.81. The first-order chi connectivity index (χ1) is 8.25. The van der Waals surface area contributed by atoms with E-state index in [9.17, 15) is 0 Å². The summed E-state index contributed by atoms with van der Waals surface area (Å²) >= 11 is 2.12. The number of piperidine rings is 1. The number of hydrogen-bond acceptors (Lipinski definition) is 2. The molecule has 0 radical (unpaired) electrons. The van der Waals surface area contributed by atoms with Gasteiger partial charge in [0.15, 0.2) is 0 Å². The molecule has 94 valence electrons. The highest BCUT2D eigenvalue weighted by Crippen LogP contribution is 2.25. The Kier molecular flexibility index (Phi) is 4.93. The van der Waals surface area contributed by atoms with Gasteiger partial charge in [-0.3, -0.25) is 0 Å². The Morgan fingerprint density at radius 3 is 2.41 bits per heavy atom. The highest BCUT2D eigenvalue weighted by molar-refractivity contribution is 7.99. The van der Waals surface area contributed by atoms with Crippen molar-refractivity contribution in [1.82, 2.24) is 5.32 Å². The van der Waals surface area contributed by atoms with Gasteiger partial charge in [0.2, 0.25) is 0 Å². The van der Waals surface area contributed by atoms with Crippen LogP contribution in [-0.2, 0) is 5.75 Å². The normalized spacial score (nSPS) is 17.6. The largest absolute Gasteiger partial charge is 0.317 e. The van der Waals surface area contributed by atoms with Crippen LogP contribution >= 0.6 is 11.8 Å². The molecule has 0 saturated carbocycles. The van der Waals surface area contributed by atoms with Crippen molar-refractivity contribution in [2.75, 3.05) is 13.1 Å². The van der Waals surface area contributed by atoms with Gasteiger partial charge in [-0.05, 0) is 43.0 Å². The van der Waals surface area contributed by atoms with Gasteiger partial charge in [0.1, 0.15) is 0 Å². The van der Waals surface area contributed by atoms with E-state index in [-0.39, 0.29) is 0 Å². The van der Waals surface area contributed by atoms with Gasteiger partial charge in [0.25, 0.3) is 0 Å². The van der Waals surface area contributed by atoms with Gasteiger partial charge < -0.3 is 5.32 Å². The number of rotatable bonds is 4. The summed E-state index contributed by atoms with van der Waals surface area (Å²) in [5, 5.41) is 4.28. The fraction of sp³-hybridized carbons (Fsp3) is 0.600. The fourth-order valence-electron chi connectivity index (χ4n) is 2.17. The van der Waals surface area contributed by atoms with Gasteiger partial charge >= 0.3 is 0 Å². The summed E-state index contributed by atoms with van der Waals surface area (Å²) in [6.45, 7) is 6.89. The van der Waals surface area contributed by atoms with E-state index < -0.39 is 0 Å². The molecule has 0 unspecified atom stereocenters. The van der Waals surface area contributed by atoms with Crippen molar-refractivity contribution in [2.45, 2.75) is 43.6 Å². The summed E-state index contributed by atoms with van der Waals surface area (Å²) in [6.07, 6.45) is 2.66. The Hall–Kier alpha value is -0.470. The maximum absolute atomic E-state index is 3.42. The number of hydrogen-bond donors (Lipinski definition) is 1. The van der Waals surface area contributed by atoms with Crippen LogP contribution in [0.1, 0.15) is 43.7 Å². The summed E-state index contributed by atoms with van der Waals surface area (Å²) in [5.41, 5.74) is 2.92. The minimum atomic E-state index is 0.640. The van der Waals surface area contributed by atoms with E-state index in [1.165, 1.54) is 42.8 Å². The minimum Gasteiger partial charge on any atom is -0.317 e. The maximum atomic E-state index is 3.42. The third kappa shape index (κ3) is 4.04. The Labute approximate surface area is 109 Å². The topological polar surface area (TPSA) is 12.0 Å². The Morgan fingerprint density at radius 1 is 1.18 bits per heavy atom. The van der Waals surface area contributed by atoms with Gasteiger partial charge in [-0.1, -0.05) is 38.1 Å². The zero-order valence-corrected chi connectivity index (χ0v) is 11.7. The van der Waals surface area contributed by atoms with Crippen molar-refractivity contribution in [3.63, 3.8) is 0 Å². The van der Waals surface area contributed by atoms with Crippen molar-refractivity contribution in [3.8, 4) is 0 Å². The van der Waals surface area contributed by atoms with Gasteiger partial charge in [0.05, 0.1) is 0 Å². The highest BCUT2D eigenvalue weighted by Gasteiger charge is 2.13. The molecule has 1 aliphatic rings. The van der Waals surface area contributed by atoms with E-state index >= 15 is 0 Å². The van der Waals surface area contributed by atoms with Crippen LogP contribution in [0.5, 0.6) is 0 Å². The predicted octanol–water partition coefficient (Wildman–Crippen LogP) is 3.80. The van der Waals surface area contributed by atoms with Crippen molar-refractivity contribution in [1.29, 1.82) is 0 Å². The molecule has 0 bridgehead atoms. The minimum absolute atomic E-state index is 0.640. The predicted molar refractivity (Wildman–Crippen MR) is 77.7 cm³/mol. The number of benzene rings is 1. The molecule has 1 aliphatic heterocycles. The summed E-state index contributed by atoms with van der Waals surface area (Å²) in [6, 6.07) is 9.15. The Bertz CT molecular complexity index is 325. The molecule has 2 rings (SSSR count). The molecule has 0 spiro atoms. The molecule has 0 amide bonds. The van der Waals surface area contributed by atoms with Crippen LogP contribution < -0.4 is 5.32 Å². The van der Waals surface area contributed by atoms with Crippen LogP contribution in [0.25, 0.3) is 0 Å². The van der Waals surface area contributed by atoms with E-state index in [0.717, 1.165) is 5.25 Å². The van der Waals surface area contributed by atoms with Crippen LogP contribution in [0.2, 0.25) is 0 Å². The van der Waals surface area contributed by atoms with Crippen LogP contribution in [0.4, 0.5) is 0 Å². The molecule has 1 fully saturated rings. The quantitative estimate of drug-likeness (QED) is 0.871. The lowest BCUT2D eigenvalue weighted by Gasteiger charge is -2.22. The van der Waals surface area contributed by atoms with Crippen LogP contribution in [0.15, 0.2) is 24.3 Å². The van der Waals surface area contributed by atoms with Crippen LogP contribution in [0, 0.1) is 0 Å². The molecular weight excluding hydrogens is 226 g/mol. The van der Waals surface area contributed by atoms with Crippen molar-refractivity contribution < 1.29 is 0 Å². The molecule has 2 heteroatoms. The SMILES string of the molecule is CC(C)c1ccc(CSC2CCNCC2)cc1. The zero-order valence-electron chi connectivity index (χ0n) is 10.9. The molecule has 1 heterocycles. The molecule has 1 saturated heterocycles. The second kappa shape index (κ2) is 6.46. The molecule has 0 aromatic heterocycles. The smallest absolute Gasteiger partial charge is 0.0187 e. The zero-order chi connectivity index (χ0) is 12.1. The lowest BCUT2D eigenvalue weighted by Crippen LogP contribution is -2.29. The highest BCUT2D eigenvalue weighted by atomic mass is 32.2. The van der Waals surface area contributed by atoms with Crippen molar-refractivity contribution >= 4 is 11.8 Å². The molecular formula is C15H23NS. The molecule has 1 nitrogen and oxygen atoms in total. The molecule has 1 N–H and O–H groups in total. The molecule has 1 aromatic rings. The fourth-order valence-corrected chi connectivity index (χ4v) is 3.36. The first-order valence-electron chi connectivity index (χ1n) is 6.67. The van der Waals surface area contributed by atoms with Gasteiger partial charge in [-0.25, -0.2) is 0 Å². The van der Waals surface area contributed by atoms with E-state index in [4.69, 9.17) is 0 Å². The lowest BCUT2D eigenvalue weighted by molar-refractivity contribution is 0.531.